The van der Waals surface area contributed by atoms with Crippen molar-refractivity contribution in [3.63, 3.8) is 0 Å². The lowest BCUT2D eigenvalue weighted by Gasteiger charge is -2.31. The molecule has 2 heterocycles. The summed E-state index contributed by atoms with van der Waals surface area (Å²) in [4.78, 5) is 21.8. The lowest BCUT2D eigenvalue weighted by molar-refractivity contribution is -0.140. The highest BCUT2D eigenvalue weighted by Crippen LogP contribution is 2.43. The van der Waals surface area contributed by atoms with Gasteiger partial charge in [-0.2, -0.15) is 13.2 Å². The molecule has 7 nitrogen and oxygen atoms in total. The summed E-state index contributed by atoms with van der Waals surface area (Å²) in [6.07, 6.45) is -3.72. The second-order valence-electron chi connectivity index (χ2n) is 10.3. The average molecular weight is 612 g/mol. The molecule has 226 valence electrons. The Morgan fingerprint density at radius 3 is 2.09 bits per heavy atom. The predicted octanol–water partition coefficient (Wildman–Crippen LogP) is 6.86. The van der Waals surface area contributed by atoms with Crippen molar-refractivity contribution in [1.29, 1.82) is 0 Å². The first kappa shape index (κ1) is 30.5. The van der Waals surface area contributed by atoms with Gasteiger partial charge < -0.3 is 24.1 Å². The number of halogens is 3. The van der Waals surface area contributed by atoms with Gasteiger partial charge >= 0.3 is 6.18 Å². The molecule has 3 aromatic carbocycles. The summed E-state index contributed by atoms with van der Waals surface area (Å²) in [6, 6.07) is 18.3. The molecule has 1 unspecified atom stereocenters. The number of alkyl halides is 3. The number of hydrogen-bond donors (Lipinski definition) is 1. The van der Waals surface area contributed by atoms with Crippen LogP contribution in [0.5, 0.6) is 11.5 Å². The topological polar surface area (TPSA) is 76.7 Å². The fourth-order valence-electron chi connectivity index (χ4n) is 5.31. The standard InChI is InChI=1S/C32H32F3N3O4S/c1-19-13-22(38(16-20-5-9-23(40-2)10-6-20)17-21-7-11-24(41-3)12-8-21)14-25(29(19)32(33,34)35)28-15-27-26(18-42-28)30(39)37-31(36-27)43-4/h5-14,28H,15-18H2,1-4H3,(H,36,37,39). The molecule has 0 aliphatic carbocycles. The normalized spacial score (nSPS) is 14.7. The van der Waals surface area contributed by atoms with Gasteiger partial charge in [0.1, 0.15) is 11.5 Å². The number of hydrogen-bond acceptors (Lipinski definition) is 7. The van der Waals surface area contributed by atoms with Crippen molar-refractivity contribution in [2.75, 3.05) is 25.4 Å². The van der Waals surface area contributed by atoms with Gasteiger partial charge in [-0.25, -0.2) is 4.98 Å². The summed E-state index contributed by atoms with van der Waals surface area (Å²) >= 11 is 1.27. The maximum atomic E-state index is 14.5. The Balaban J connectivity index is 1.58. The number of methoxy groups -OCH3 is 2. The maximum absolute atomic E-state index is 14.5. The third-order valence-corrected chi connectivity index (χ3v) is 8.07. The van der Waals surface area contributed by atoms with Crippen molar-refractivity contribution in [1.82, 2.24) is 9.97 Å². The number of thioether (sulfide) groups is 1. The molecule has 0 fully saturated rings. The zero-order valence-electron chi connectivity index (χ0n) is 24.2. The first-order valence-corrected chi connectivity index (χ1v) is 14.8. The Hall–Kier alpha value is -3.96. The smallest absolute Gasteiger partial charge is 0.417 e. The van der Waals surface area contributed by atoms with E-state index < -0.39 is 17.8 Å². The Morgan fingerprint density at radius 2 is 1.58 bits per heavy atom. The molecule has 43 heavy (non-hydrogen) atoms. The number of H-pyrrole nitrogens is 1. The molecule has 5 rings (SSSR count). The number of ether oxygens (including phenoxy) is 3. The summed E-state index contributed by atoms with van der Waals surface area (Å²) in [5.74, 6) is 1.43. The molecular weight excluding hydrogens is 579 g/mol. The summed E-state index contributed by atoms with van der Waals surface area (Å²) < 4.78 is 60.2. The fraction of sp³-hybridized carbons (Fsp3) is 0.312. The van der Waals surface area contributed by atoms with Crippen molar-refractivity contribution in [3.8, 4) is 11.5 Å². The van der Waals surface area contributed by atoms with Gasteiger partial charge in [0, 0.05) is 25.2 Å². The molecule has 0 saturated heterocycles. The van der Waals surface area contributed by atoms with Crippen molar-refractivity contribution in [2.45, 2.75) is 50.5 Å². The average Bonchev–Trinajstić information content (AvgIpc) is 3.00. The van der Waals surface area contributed by atoms with Crippen LogP contribution < -0.4 is 19.9 Å². The number of nitrogens with one attached hydrogen (secondary N) is 1. The van der Waals surface area contributed by atoms with E-state index in [4.69, 9.17) is 14.2 Å². The van der Waals surface area contributed by atoms with Crippen LogP contribution in [0.15, 0.2) is 70.6 Å². The minimum atomic E-state index is -4.61. The highest BCUT2D eigenvalue weighted by atomic mass is 32.2. The van der Waals surface area contributed by atoms with Crippen LogP contribution in [0.25, 0.3) is 0 Å². The highest BCUT2D eigenvalue weighted by Gasteiger charge is 2.39. The van der Waals surface area contributed by atoms with Crippen molar-refractivity contribution >= 4 is 17.4 Å². The Labute approximate surface area is 252 Å². The van der Waals surface area contributed by atoms with E-state index in [2.05, 4.69) is 9.97 Å². The third-order valence-electron chi connectivity index (χ3n) is 7.49. The second kappa shape index (κ2) is 12.7. The number of anilines is 1. The van der Waals surface area contributed by atoms with Gasteiger partial charge in [0.15, 0.2) is 5.16 Å². The van der Waals surface area contributed by atoms with Gasteiger partial charge in [-0.3, -0.25) is 4.79 Å². The fourth-order valence-corrected chi connectivity index (χ4v) is 5.71. The van der Waals surface area contributed by atoms with E-state index in [1.54, 1.807) is 32.6 Å². The molecular formula is C32H32F3N3O4S. The molecule has 1 aliphatic heterocycles. The van der Waals surface area contributed by atoms with Crippen LogP contribution in [0.2, 0.25) is 0 Å². The van der Waals surface area contributed by atoms with Gasteiger partial charge in [-0.1, -0.05) is 36.0 Å². The molecule has 11 heteroatoms. The lowest BCUT2D eigenvalue weighted by Crippen LogP contribution is -2.28. The molecule has 0 saturated carbocycles. The molecule has 0 bridgehead atoms. The Morgan fingerprint density at radius 1 is 1.00 bits per heavy atom. The quantitative estimate of drug-likeness (QED) is 0.164. The van der Waals surface area contributed by atoms with Crippen LogP contribution in [-0.2, 0) is 37.0 Å². The molecule has 1 N–H and O–H groups in total. The van der Waals surface area contributed by atoms with E-state index in [0.29, 0.717) is 46.7 Å². The largest absolute Gasteiger partial charge is 0.497 e. The summed E-state index contributed by atoms with van der Waals surface area (Å²) in [5, 5.41) is 0.413. The SMILES string of the molecule is COc1ccc(CN(Cc2ccc(OC)cc2)c2cc(C)c(C(F)(F)F)c(C3Cc4nc(SC)[nH]c(=O)c4CO3)c2)cc1. The van der Waals surface area contributed by atoms with Gasteiger partial charge in [0.05, 0.1) is 43.8 Å². The van der Waals surface area contributed by atoms with E-state index in [1.807, 2.05) is 53.4 Å². The van der Waals surface area contributed by atoms with Crippen LogP contribution >= 0.6 is 11.8 Å². The van der Waals surface area contributed by atoms with Crippen molar-refractivity contribution < 1.29 is 27.4 Å². The summed E-state index contributed by atoms with van der Waals surface area (Å²) in [5.41, 5.74) is 2.39. The number of rotatable bonds is 9. The molecule has 0 radical (unpaired) electrons. The number of aromatic nitrogens is 2. The summed E-state index contributed by atoms with van der Waals surface area (Å²) in [7, 11) is 3.19. The van der Waals surface area contributed by atoms with Crippen LogP contribution in [0.3, 0.4) is 0 Å². The van der Waals surface area contributed by atoms with Crippen LogP contribution in [-0.4, -0.2) is 30.4 Å². The van der Waals surface area contributed by atoms with E-state index in [-0.39, 0.29) is 29.7 Å². The van der Waals surface area contributed by atoms with Gasteiger partial charge in [0.2, 0.25) is 0 Å². The Kier molecular flexibility index (Phi) is 9.03. The van der Waals surface area contributed by atoms with Crippen LogP contribution in [0.1, 0.15) is 45.2 Å². The van der Waals surface area contributed by atoms with Gasteiger partial charge in [-0.15, -0.1) is 0 Å². The second-order valence-corrected chi connectivity index (χ2v) is 11.1. The number of fused-ring (bicyclic) bond motifs is 1. The molecule has 4 aromatic rings. The zero-order chi connectivity index (χ0) is 30.7. The van der Waals surface area contributed by atoms with Crippen LogP contribution in [0, 0.1) is 6.92 Å². The Bertz CT molecular complexity index is 1590. The van der Waals surface area contributed by atoms with Gasteiger partial charge in [-0.05, 0) is 71.8 Å². The number of aromatic amines is 1. The minimum absolute atomic E-state index is 0.0235. The van der Waals surface area contributed by atoms with Crippen molar-refractivity contribution in [3.05, 3.63) is 110 Å². The lowest BCUT2D eigenvalue weighted by atomic mass is 9.91. The number of nitrogens with zero attached hydrogens (tertiary/aromatic N) is 2. The monoisotopic (exact) mass is 611 g/mol. The van der Waals surface area contributed by atoms with Crippen molar-refractivity contribution in [2.24, 2.45) is 0 Å². The molecule has 0 amide bonds. The highest BCUT2D eigenvalue weighted by molar-refractivity contribution is 7.98. The van der Waals surface area contributed by atoms with E-state index in [0.717, 1.165) is 11.1 Å². The zero-order valence-corrected chi connectivity index (χ0v) is 25.1. The number of aryl methyl sites for hydroxylation is 1. The first-order valence-electron chi connectivity index (χ1n) is 13.6. The molecule has 0 spiro atoms. The summed E-state index contributed by atoms with van der Waals surface area (Å²) in [6.45, 7) is 2.21. The number of benzene rings is 3. The van der Waals surface area contributed by atoms with E-state index in [9.17, 15) is 18.0 Å². The predicted molar refractivity (Wildman–Crippen MR) is 160 cm³/mol. The third kappa shape index (κ3) is 6.83. The minimum Gasteiger partial charge on any atom is -0.497 e. The van der Waals surface area contributed by atoms with E-state index in [1.165, 1.54) is 18.7 Å². The van der Waals surface area contributed by atoms with Gasteiger partial charge in [0.25, 0.3) is 5.56 Å². The molecule has 1 aromatic heterocycles. The molecule has 1 atom stereocenters. The maximum Gasteiger partial charge on any atom is 0.417 e. The van der Waals surface area contributed by atoms with E-state index >= 15 is 0 Å². The molecule has 1 aliphatic rings. The van der Waals surface area contributed by atoms with Crippen LogP contribution in [0.4, 0.5) is 18.9 Å². The first-order chi connectivity index (χ1) is 20.6.